The van der Waals surface area contributed by atoms with Crippen LogP contribution in [0.3, 0.4) is 0 Å². The first-order valence-corrected chi connectivity index (χ1v) is 10.8. The first-order chi connectivity index (χ1) is 13.1. The lowest BCUT2D eigenvalue weighted by atomic mass is 9.85. The number of ketones is 1. The number of unbranched alkanes of at least 4 members (excludes halogenated alkanes) is 1. The number of carbonyl (C=O) groups excluding carboxylic acids is 2. The minimum absolute atomic E-state index is 0.0899. The van der Waals surface area contributed by atoms with Gasteiger partial charge in [-0.1, -0.05) is 38.2 Å². The standard InChI is InChI=1S/C23H34O4/c1-27-22(25)10-6-5-9-17-15-20-18(12-13-19(20)23(17)26)21(24)14-11-16-7-3-2-4-8-16/h9,14,16,18-20,24H,2-8,10-13,15H2,1H3/b17-9+,21-14+/t18-,19?,20?/m0/s1. The molecule has 3 atom stereocenters. The van der Waals surface area contributed by atoms with Crippen LogP contribution < -0.4 is 0 Å². The minimum Gasteiger partial charge on any atom is -0.512 e. The Kier molecular flexibility index (Phi) is 7.14. The molecular weight excluding hydrogens is 340 g/mol. The second-order valence-corrected chi connectivity index (χ2v) is 8.59. The van der Waals surface area contributed by atoms with E-state index in [4.69, 9.17) is 0 Å². The number of aliphatic hydroxyl groups is 1. The number of ether oxygens (including phenoxy) is 1. The first-order valence-electron chi connectivity index (χ1n) is 10.8. The second-order valence-electron chi connectivity index (χ2n) is 8.59. The van der Waals surface area contributed by atoms with Gasteiger partial charge in [-0.05, 0) is 62.0 Å². The first kappa shape index (κ1) is 20.2. The Hall–Kier alpha value is -1.58. The van der Waals surface area contributed by atoms with E-state index in [9.17, 15) is 14.7 Å². The van der Waals surface area contributed by atoms with Gasteiger partial charge in [0.15, 0.2) is 5.78 Å². The summed E-state index contributed by atoms with van der Waals surface area (Å²) in [6, 6.07) is 0. The molecule has 27 heavy (non-hydrogen) atoms. The van der Waals surface area contributed by atoms with Crippen LogP contribution in [0.25, 0.3) is 0 Å². The van der Waals surface area contributed by atoms with Crippen molar-refractivity contribution in [3.63, 3.8) is 0 Å². The number of esters is 1. The van der Waals surface area contributed by atoms with Crippen LogP contribution in [0.15, 0.2) is 23.5 Å². The third kappa shape index (κ3) is 5.03. The molecule has 3 fully saturated rings. The lowest BCUT2D eigenvalue weighted by Gasteiger charge is -2.21. The van der Waals surface area contributed by atoms with Crippen LogP contribution >= 0.6 is 0 Å². The number of hydrogen-bond donors (Lipinski definition) is 1. The van der Waals surface area contributed by atoms with Gasteiger partial charge in [-0.2, -0.15) is 0 Å². The van der Waals surface area contributed by atoms with Crippen molar-refractivity contribution in [2.24, 2.45) is 23.7 Å². The maximum Gasteiger partial charge on any atom is 0.305 e. The van der Waals surface area contributed by atoms with Crippen LogP contribution in [0, 0.1) is 23.7 Å². The average Bonchev–Trinajstić information content (AvgIpc) is 3.24. The summed E-state index contributed by atoms with van der Waals surface area (Å²) < 4.78 is 4.65. The van der Waals surface area contributed by atoms with Crippen molar-refractivity contribution < 1.29 is 19.4 Å². The van der Waals surface area contributed by atoms with Crippen LogP contribution in [-0.4, -0.2) is 24.0 Å². The lowest BCUT2D eigenvalue weighted by molar-refractivity contribution is -0.140. The molecule has 0 aromatic carbocycles. The quantitative estimate of drug-likeness (QED) is 0.285. The largest absolute Gasteiger partial charge is 0.512 e. The predicted octanol–water partition coefficient (Wildman–Crippen LogP) is 5.28. The SMILES string of the molecule is COC(=O)CCC/C=C1\CC2C(CC[C@@H]2/C(O)=C\CC2CCCCC2)C1=O. The van der Waals surface area contributed by atoms with Gasteiger partial charge in [0.2, 0.25) is 0 Å². The average molecular weight is 375 g/mol. The Bertz CT molecular complexity index is 597. The Morgan fingerprint density at radius 2 is 1.96 bits per heavy atom. The van der Waals surface area contributed by atoms with E-state index in [0.29, 0.717) is 12.2 Å². The van der Waals surface area contributed by atoms with Gasteiger partial charge in [0.1, 0.15) is 0 Å². The summed E-state index contributed by atoms with van der Waals surface area (Å²) in [5, 5.41) is 10.7. The molecule has 0 saturated heterocycles. The molecule has 0 aromatic heterocycles. The van der Waals surface area contributed by atoms with Crippen LogP contribution in [0.2, 0.25) is 0 Å². The van der Waals surface area contributed by atoms with Gasteiger partial charge in [0.05, 0.1) is 12.9 Å². The van der Waals surface area contributed by atoms with E-state index in [1.165, 1.54) is 39.2 Å². The lowest BCUT2D eigenvalue weighted by Crippen LogP contribution is -2.14. The number of hydrogen-bond acceptors (Lipinski definition) is 4. The molecule has 0 heterocycles. The Morgan fingerprint density at radius 3 is 2.70 bits per heavy atom. The maximum absolute atomic E-state index is 12.7. The highest BCUT2D eigenvalue weighted by Gasteiger charge is 2.47. The molecule has 4 nitrogen and oxygen atoms in total. The van der Waals surface area contributed by atoms with Crippen molar-refractivity contribution in [2.45, 2.75) is 77.0 Å². The molecule has 3 aliphatic rings. The van der Waals surface area contributed by atoms with Gasteiger partial charge in [-0.25, -0.2) is 0 Å². The fourth-order valence-corrected chi connectivity index (χ4v) is 5.31. The Balaban J connectivity index is 1.53. The number of fused-ring (bicyclic) bond motifs is 1. The van der Waals surface area contributed by atoms with E-state index in [1.54, 1.807) is 0 Å². The maximum atomic E-state index is 12.7. The van der Waals surface area contributed by atoms with E-state index in [2.05, 4.69) is 10.8 Å². The zero-order chi connectivity index (χ0) is 19.2. The molecule has 3 saturated carbocycles. The van der Waals surface area contributed by atoms with Gasteiger partial charge < -0.3 is 9.84 Å². The van der Waals surface area contributed by atoms with Gasteiger partial charge in [-0.3, -0.25) is 9.59 Å². The zero-order valence-corrected chi connectivity index (χ0v) is 16.6. The molecule has 0 bridgehead atoms. The van der Waals surface area contributed by atoms with Gasteiger partial charge in [-0.15, -0.1) is 0 Å². The summed E-state index contributed by atoms with van der Waals surface area (Å²) >= 11 is 0. The van der Waals surface area contributed by atoms with Crippen molar-refractivity contribution in [1.29, 1.82) is 0 Å². The fourth-order valence-electron chi connectivity index (χ4n) is 5.31. The van der Waals surface area contributed by atoms with E-state index >= 15 is 0 Å². The normalized spacial score (nSPS) is 30.7. The van der Waals surface area contributed by atoms with Crippen LogP contribution in [-0.2, 0) is 14.3 Å². The third-order valence-electron chi connectivity index (χ3n) is 6.90. The van der Waals surface area contributed by atoms with Crippen molar-refractivity contribution in [3.05, 3.63) is 23.5 Å². The number of aliphatic hydroxyl groups excluding tert-OH is 1. The molecule has 2 unspecified atom stereocenters. The molecule has 0 spiro atoms. The monoisotopic (exact) mass is 374 g/mol. The Morgan fingerprint density at radius 1 is 1.19 bits per heavy atom. The molecule has 3 rings (SSSR count). The molecule has 0 aromatic rings. The van der Waals surface area contributed by atoms with Crippen molar-refractivity contribution in [3.8, 4) is 0 Å². The summed E-state index contributed by atoms with van der Waals surface area (Å²) in [6.07, 6.45) is 16.1. The van der Waals surface area contributed by atoms with Crippen molar-refractivity contribution >= 4 is 11.8 Å². The van der Waals surface area contributed by atoms with E-state index < -0.39 is 0 Å². The highest BCUT2D eigenvalue weighted by atomic mass is 16.5. The summed E-state index contributed by atoms with van der Waals surface area (Å²) in [5.41, 5.74) is 0.916. The zero-order valence-electron chi connectivity index (χ0n) is 16.6. The molecule has 0 radical (unpaired) electrons. The van der Waals surface area contributed by atoms with E-state index in [-0.39, 0.29) is 29.5 Å². The summed E-state index contributed by atoms with van der Waals surface area (Å²) in [7, 11) is 1.40. The molecule has 3 aliphatic carbocycles. The van der Waals surface area contributed by atoms with E-state index in [0.717, 1.165) is 50.0 Å². The van der Waals surface area contributed by atoms with E-state index in [1.807, 2.05) is 6.08 Å². The summed E-state index contributed by atoms with van der Waals surface area (Å²) in [5.74, 6) is 1.86. The molecular formula is C23H34O4. The highest BCUT2D eigenvalue weighted by Crippen LogP contribution is 2.50. The van der Waals surface area contributed by atoms with Gasteiger partial charge in [0, 0.05) is 18.3 Å². The molecule has 1 N–H and O–H groups in total. The second kappa shape index (κ2) is 9.57. The van der Waals surface area contributed by atoms with Crippen LogP contribution in [0.1, 0.15) is 77.0 Å². The summed E-state index contributed by atoms with van der Waals surface area (Å²) in [6.45, 7) is 0. The number of carbonyl (C=O) groups is 2. The fraction of sp³-hybridized carbons (Fsp3) is 0.739. The number of Topliss-reactive ketones (excluding diaryl/α,β-unsaturated/α-hetero) is 1. The predicted molar refractivity (Wildman–Crippen MR) is 105 cm³/mol. The minimum atomic E-state index is -0.198. The topological polar surface area (TPSA) is 63.6 Å². The molecule has 150 valence electrons. The number of allylic oxidation sites excluding steroid dienone is 4. The van der Waals surface area contributed by atoms with Gasteiger partial charge >= 0.3 is 5.97 Å². The van der Waals surface area contributed by atoms with Crippen molar-refractivity contribution in [2.75, 3.05) is 7.11 Å². The molecule has 0 aliphatic heterocycles. The molecule has 4 heteroatoms. The Labute approximate surface area is 163 Å². The van der Waals surface area contributed by atoms with Crippen LogP contribution in [0.5, 0.6) is 0 Å². The number of rotatable bonds is 7. The third-order valence-corrected chi connectivity index (χ3v) is 6.90. The smallest absolute Gasteiger partial charge is 0.305 e. The molecule has 0 amide bonds. The number of methoxy groups -OCH3 is 1. The van der Waals surface area contributed by atoms with Crippen LogP contribution in [0.4, 0.5) is 0 Å². The van der Waals surface area contributed by atoms with Crippen molar-refractivity contribution in [1.82, 2.24) is 0 Å². The van der Waals surface area contributed by atoms with Gasteiger partial charge in [0.25, 0.3) is 0 Å². The summed E-state index contributed by atoms with van der Waals surface area (Å²) in [4.78, 5) is 23.9. The highest BCUT2D eigenvalue weighted by molar-refractivity contribution is 6.00.